The van der Waals surface area contributed by atoms with Gasteiger partial charge >= 0.3 is 0 Å². The fourth-order valence-corrected chi connectivity index (χ4v) is 3.99. The molecule has 0 aliphatic heterocycles. The Morgan fingerprint density at radius 2 is 1.90 bits per heavy atom. The van der Waals surface area contributed by atoms with E-state index in [-0.39, 0.29) is 21.5 Å². The molecule has 5 nitrogen and oxygen atoms in total. The highest BCUT2D eigenvalue weighted by Crippen LogP contribution is 2.31. The Hall–Kier alpha value is -1.34. The van der Waals surface area contributed by atoms with Gasteiger partial charge in [0.2, 0.25) is 10.0 Å². The average Bonchev–Trinajstić information content (AvgIpc) is 2.36. The second kappa shape index (κ2) is 6.19. The average molecular weight is 346 g/mol. The maximum Gasteiger partial charge on any atom is 0.243 e. The number of nitrogens with zero attached hydrogens (tertiary/aromatic N) is 1. The second-order valence-electron chi connectivity index (χ2n) is 4.41. The van der Waals surface area contributed by atoms with Crippen LogP contribution in [0.5, 0.6) is 0 Å². The van der Waals surface area contributed by atoms with Crippen LogP contribution < -0.4 is 10.5 Å². The number of hydrogen-bond donors (Lipinski definition) is 2. The number of rotatable bonds is 4. The van der Waals surface area contributed by atoms with Gasteiger partial charge < -0.3 is 5.73 Å². The first kappa shape index (κ1) is 16.0. The molecule has 0 aliphatic rings. The van der Waals surface area contributed by atoms with Crippen molar-refractivity contribution in [2.24, 2.45) is 0 Å². The van der Waals surface area contributed by atoms with Crippen molar-refractivity contribution in [1.29, 1.82) is 0 Å². The van der Waals surface area contributed by atoms with Gasteiger partial charge in [-0.3, -0.25) is 4.98 Å². The van der Waals surface area contributed by atoms with Crippen LogP contribution in [0.4, 0.5) is 5.69 Å². The first-order valence-corrected chi connectivity index (χ1v) is 8.20. The van der Waals surface area contributed by atoms with Gasteiger partial charge in [0.05, 0.1) is 22.3 Å². The zero-order valence-corrected chi connectivity index (χ0v) is 13.4. The van der Waals surface area contributed by atoms with Crippen LogP contribution in [0.3, 0.4) is 0 Å². The Morgan fingerprint density at radius 3 is 2.48 bits per heavy atom. The van der Waals surface area contributed by atoms with Crippen molar-refractivity contribution in [3.8, 4) is 0 Å². The van der Waals surface area contributed by atoms with Crippen LogP contribution in [-0.4, -0.2) is 13.4 Å². The van der Waals surface area contributed by atoms with E-state index in [1.807, 2.05) is 13.0 Å². The van der Waals surface area contributed by atoms with Crippen molar-refractivity contribution in [2.45, 2.75) is 18.4 Å². The van der Waals surface area contributed by atoms with E-state index in [4.69, 9.17) is 28.9 Å². The number of nitrogen functional groups attached to an aromatic ring is 1. The van der Waals surface area contributed by atoms with E-state index in [9.17, 15) is 8.42 Å². The molecule has 0 saturated carbocycles. The first-order valence-electron chi connectivity index (χ1n) is 5.96. The zero-order chi connectivity index (χ0) is 15.6. The van der Waals surface area contributed by atoms with Crippen LogP contribution in [-0.2, 0) is 16.6 Å². The minimum Gasteiger partial charge on any atom is -0.399 e. The standard InChI is InChI=1S/C13H13Cl2N3O2S/c1-8-3-2-4-17-12(8)7-18-21(19,20)13-10(14)5-9(16)6-11(13)15/h2-6,18H,7,16H2,1H3. The molecule has 0 amide bonds. The third-order valence-corrected chi connectivity index (χ3v) is 5.16. The second-order valence-corrected chi connectivity index (χ2v) is 6.92. The molecule has 0 bridgehead atoms. The molecule has 1 aromatic heterocycles. The number of hydrogen-bond acceptors (Lipinski definition) is 4. The van der Waals surface area contributed by atoms with E-state index in [1.165, 1.54) is 12.1 Å². The molecule has 0 saturated heterocycles. The van der Waals surface area contributed by atoms with Crippen LogP contribution in [0.15, 0.2) is 35.4 Å². The number of sulfonamides is 1. The molecule has 0 spiro atoms. The normalized spacial score (nSPS) is 11.6. The summed E-state index contributed by atoms with van der Waals surface area (Å²) in [5.74, 6) is 0. The summed E-state index contributed by atoms with van der Waals surface area (Å²) in [6.07, 6.45) is 1.60. The number of halogens is 2. The molecule has 0 unspecified atom stereocenters. The lowest BCUT2D eigenvalue weighted by Gasteiger charge is -2.11. The molecule has 112 valence electrons. The van der Waals surface area contributed by atoms with E-state index < -0.39 is 10.0 Å². The fourth-order valence-electron chi connectivity index (χ4n) is 1.78. The van der Waals surface area contributed by atoms with Gasteiger partial charge in [0, 0.05) is 11.9 Å². The molecule has 1 aromatic carbocycles. The van der Waals surface area contributed by atoms with E-state index >= 15 is 0 Å². The third kappa shape index (κ3) is 3.65. The summed E-state index contributed by atoms with van der Waals surface area (Å²) in [5.41, 5.74) is 7.37. The highest BCUT2D eigenvalue weighted by molar-refractivity contribution is 7.89. The molecule has 8 heteroatoms. The summed E-state index contributed by atoms with van der Waals surface area (Å²) in [4.78, 5) is 3.93. The van der Waals surface area contributed by atoms with Crippen LogP contribution in [0.1, 0.15) is 11.3 Å². The lowest BCUT2D eigenvalue weighted by Crippen LogP contribution is -2.24. The molecule has 0 aliphatic carbocycles. The van der Waals surface area contributed by atoms with Gasteiger partial charge in [-0.25, -0.2) is 13.1 Å². The Balaban J connectivity index is 2.30. The van der Waals surface area contributed by atoms with E-state index in [0.29, 0.717) is 11.4 Å². The zero-order valence-electron chi connectivity index (χ0n) is 11.1. The summed E-state index contributed by atoms with van der Waals surface area (Å²) in [6, 6.07) is 6.31. The summed E-state index contributed by atoms with van der Waals surface area (Å²) < 4.78 is 27.1. The maximum atomic E-state index is 12.3. The van der Waals surface area contributed by atoms with E-state index in [1.54, 1.807) is 12.3 Å². The van der Waals surface area contributed by atoms with Crippen molar-refractivity contribution >= 4 is 38.9 Å². The van der Waals surface area contributed by atoms with Gasteiger partial charge in [-0.1, -0.05) is 29.3 Å². The highest BCUT2D eigenvalue weighted by atomic mass is 35.5. The maximum absolute atomic E-state index is 12.3. The van der Waals surface area contributed by atoms with Crippen LogP contribution in [0.2, 0.25) is 10.0 Å². The number of aromatic nitrogens is 1. The number of pyridine rings is 1. The van der Waals surface area contributed by atoms with Gasteiger partial charge in [0.25, 0.3) is 0 Å². The summed E-state index contributed by atoms with van der Waals surface area (Å²) in [6.45, 7) is 1.89. The number of nitrogens with one attached hydrogen (secondary N) is 1. The molecular weight excluding hydrogens is 333 g/mol. The Labute approximate surface area is 133 Å². The summed E-state index contributed by atoms with van der Waals surface area (Å²) in [5, 5.41) is -0.0458. The highest BCUT2D eigenvalue weighted by Gasteiger charge is 2.22. The van der Waals surface area contributed by atoms with Crippen molar-refractivity contribution in [1.82, 2.24) is 9.71 Å². The molecule has 3 N–H and O–H groups in total. The van der Waals surface area contributed by atoms with Gasteiger partial charge in [-0.05, 0) is 30.7 Å². The smallest absolute Gasteiger partial charge is 0.243 e. The van der Waals surface area contributed by atoms with Gasteiger partial charge in [-0.15, -0.1) is 0 Å². The molecule has 1 heterocycles. The predicted octanol–water partition coefficient (Wildman–Crippen LogP) is 2.76. The molecule has 2 aromatic rings. The van der Waals surface area contributed by atoms with Gasteiger partial charge in [-0.2, -0.15) is 0 Å². The SMILES string of the molecule is Cc1cccnc1CNS(=O)(=O)c1c(Cl)cc(N)cc1Cl. The van der Waals surface area contributed by atoms with Crippen molar-refractivity contribution in [3.63, 3.8) is 0 Å². The van der Waals surface area contributed by atoms with Crippen LogP contribution in [0, 0.1) is 6.92 Å². The summed E-state index contributed by atoms with van der Waals surface area (Å²) >= 11 is 11.9. The fraction of sp³-hybridized carbons (Fsp3) is 0.154. The largest absolute Gasteiger partial charge is 0.399 e. The van der Waals surface area contributed by atoms with Crippen molar-refractivity contribution < 1.29 is 8.42 Å². The number of nitrogens with two attached hydrogens (primary N) is 1. The minimum atomic E-state index is -3.86. The minimum absolute atomic E-state index is 0.0229. The molecule has 21 heavy (non-hydrogen) atoms. The quantitative estimate of drug-likeness (QED) is 0.834. The monoisotopic (exact) mass is 345 g/mol. The molecule has 0 radical (unpaired) electrons. The van der Waals surface area contributed by atoms with Gasteiger partial charge in [0.15, 0.2) is 0 Å². The Morgan fingerprint density at radius 1 is 1.29 bits per heavy atom. The third-order valence-electron chi connectivity index (χ3n) is 2.84. The van der Waals surface area contributed by atoms with Crippen molar-refractivity contribution in [3.05, 3.63) is 51.8 Å². The number of benzene rings is 1. The van der Waals surface area contributed by atoms with Crippen LogP contribution in [0.25, 0.3) is 0 Å². The lowest BCUT2D eigenvalue weighted by molar-refractivity contribution is 0.580. The Bertz CT molecular complexity index is 756. The molecular formula is C13H13Cl2N3O2S. The molecule has 0 fully saturated rings. The first-order chi connectivity index (χ1) is 9.81. The lowest BCUT2D eigenvalue weighted by atomic mass is 10.2. The molecule has 2 rings (SSSR count). The number of anilines is 1. The summed E-state index contributed by atoms with van der Waals surface area (Å²) in [7, 11) is -3.86. The molecule has 0 atom stereocenters. The number of aryl methyl sites for hydroxylation is 1. The topological polar surface area (TPSA) is 85.1 Å². The predicted molar refractivity (Wildman–Crippen MR) is 83.9 cm³/mol. The van der Waals surface area contributed by atoms with Crippen LogP contribution >= 0.6 is 23.2 Å². The Kier molecular flexibility index (Phi) is 4.73. The van der Waals surface area contributed by atoms with Crippen molar-refractivity contribution in [2.75, 3.05) is 5.73 Å². The van der Waals surface area contributed by atoms with E-state index in [2.05, 4.69) is 9.71 Å². The van der Waals surface area contributed by atoms with E-state index in [0.717, 1.165) is 5.56 Å². The van der Waals surface area contributed by atoms with Gasteiger partial charge in [0.1, 0.15) is 4.90 Å².